The number of anilines is 1. The van der Waals surface area contributed by atoms with Crippen LogP contribution in [0.4, 0.5) is 5.69 Å². The number of carbonyl (C=O) groups is 1. The highest BCUT2D eigenvalue weighted by Crippen LogP contribution is 2.36. The second kappa shape index (κ2) is 5.54. The molecule has 19 heavy (non-hydrogen) atoms. The number of nitrogens with zero attached hydrogens (tertiary/aromatic N) is 2. The molecule has 0 atom stereocenters. The molecule has 1 aliphatic rings. The summed E-state index contributed by atoms with van der Waals surface area (Å²) in [6.45, 7) is 0. The first kappa shape index (κ1) is 13.1. The van der Waals surface area contributed by atoms with Crippen molar-refractivity contribution in [3.8, 4) is 12.1 Å². The Morgan fingerprint density at radius 1 is 1.16 bits per heavy atom. The standard InChI is InChI=1S/C15H15N3O/c16-10-12-6-2-3-7-13(12)18-14(19)15(11-17)8-4-1-5-9-15/h2-3,6-7H,1,4-5,8-9H2,(H,18,19). The highest BCUT2D eigenvalue weighted by Gasteiger charge is 2.39. The first-order chi connectivity index (χ1) is 9.22. The molecule has 1 N–H and O–H groups in total. The SMILES string of the molecule is N#Cc1ccccc1NC(=O)C1(C#N)CCCCC1. The molecule has 96 valence electrons. The number of hydrogen-bond acceptors (Lipinski definition) is 3. The van der Waals surface area contributed by atoms with E-state index in [2.05, 4.69) is 11.4 Å². The summed E-state index contributed by atoms with van der Waals surface area (Å²) in [5.41, 5.74) is -0.0316. The number of nitriles is 2. The summed E-state index contributed by atoms with van der Waals surface area (Å²) in [6.07, 6.45) is 4.08. The summed E-state index contributed by atoms with van der Waals surface area (Å²) in [5, 5.41) is 21.1. The van der Waals surface area contributed by atoms with Crippen molar-refractivity contribution in [2.45, 2.75) is 32.1 Å². The molecule has 1 aromatic carbocycles. The zero-order valence-corrected chi connectivity index (χ0v) is 10.6. The van der Waals surface area contributed by atoms with Crippen molar-refractivity contribution in [3.05, 3.63) is 29.8 Å². The minimum Gasteiger partial charge on any atom is -0.324 e. The number of carbonyl (C=O) groups excluding carboxylic acids is 1. The maximum atomic E-state index is 12.3. The van der Waals surface area contributed by atoms with E-state index in [1.54, 1.807) is 24.3 Å². The van der Waals surface area contributed by atoms with Crippen LogP contribution in [0.25, 0.3) is 0 Å². The average Bonchev–Trinajstić information content (AvgIpc) is 2.48. The van der Waals surface area contributed by atoms with E-state index in [1.165, 1.54) is 0 Å². The molecule has 1 aromatic rings. The molecule has 4 heteroatoms. The highest BCUT2D eigenvalue weighted by molar-refractivity contribution is 5.98. The monoisotopic (exact) mass is 253 g/mol. The Hall–Kier alpha value is -2.33. The Kier molecular flexibility index (Phi) is 3.82. The van der Waals surface area contributed by atoms with E-state index in [4.69, 9.17) is 5.26 Å². The van der Waals surface area contributed by atoms with Crippen LogP contribution < -0.4 is 5.32 Å². The van der Waals surface area contributed by atoms with E-state index in [0.29, 0.717) is 24.1 Å². The van der Waals surface area contributed by atoms with Crippen LogP contribution in [0.1, 0.15) is 37.7 Å². The average molecular weight is 253 g/mol. The molecule has 1 amide bonds. The Bertz CT molecular complexity index is 559. The predicted octanol–water partition coefficient (Wildman–Crippen LogP) is 2.97. The van der Waals surface area contributed by atoms with Gasteiger partial charge < -0.3 is 5.32 Å². The number of nitrogens with one attached hydrogen (secondary N) is 1. The van der Waals surface area contributed by atoms with Crippen LogP contribution in [0, 0.1) is 28.1 Å². The lowest BCUT2D eigenvalue weighted by molar-refractivity contribution is -0.124. The molecule has 0 aliphatic heterocycles. The molecule has 1 aliphatic carbocycles. The molecule has 0 unspecified atom stereocenters. The quantitative estimate of drug-likeness (QED) is 0.880. The summed E-state index contributed by atoms with van der Waals surface area (Å²) in [4.78, 5) is 12.3. The summed E-state index contributed by atoms with van der Waals surface area (Å²) in [6, 6.07) is 11.1. The third-order valence-corrected chi connectivity index (χ3v) is 3.65. The van der Waals surface area contributed by atoms with Crippen LogP contribution in [-0.4, -0.2) is 5.91 Å². The third kappa shape index (κ3) is 2.58. The molecule has 1 fully saturated rings. The molecule has 0 spiro atoms. The van der Waals surface area contributed by atoms with Crippen molar-refractivity contribution >= 4 is 11.6 Å². The Morgan fingerprint density at radius 2 is 1.84 bits per heavy atom. The van der Waals surface area contributed by atoms with Gasteiger partial charge in [0.15, 0.2) is 0 Å². The number of rotatable bonds is 2. The summed E-state index contributed by atoms with van der Waals surface area (Å²) in [7, 11) is 0. The van der Waals surface area contributed by atoms with Gasteiger partial charge in [0.1, 0.15) is 11.5 Å². The highest BCUT2D eigenvalue weighted by atomic mass is 16.2. The van der Waals surface area contributed by atoms with E-state index < -0.39 is 5.41 Å². The van der Waals surface area contributed by atoms with Gasteiger partial charge >= 0.3 is 0 Å². The molecule has 0 saturated heterocycles. The second-order valence-corrected chi connectivity index (χ2v) is 4.87. The molecule has 2 rings (SSSR count). The molecule has 1 saturated carbocycles. The molecule has 0 bridgehead atoms. The van der Waals surface area contributed by atoms with Crippen LogP contribution in [0.2, 0.25) is 0 Å². The fourth-order valence-corrected chi connectivity index (χ4v) is 2.48. The van der Waals surface area contributed by atoms with Crippen molar-refractivity contribution in [1.82, 2.24) is 0 Å². The zero-order chi connectivity index (χ0) is 13.7. The minimum absolute atomic E-state index is 0.280. The van der Waals surface area contributed by atoms with Crippen LogP contribution in [-0.2, 0) is 4.79 Å². The molecule has 4 nitrogen and oxygen atoms in total. The van der Waals surface area contributed by atoms with E-state index >= 15 is 0 Å². The van der Waals surface area contributed by atoms with Gasteiger partial charge in [0.05, 0.1) is 17.3 Å². The number of amides is 1. The van der Waals surface area contributed by atoms with Gasteiger partial charge in [-0.3, -0.25) is 4.79 Å². The predicted molar refractivity (Wildman–Crippen MR) is 70.9 cm³/mol. The van der Waals surface area contributed by atoms with Gasteiger partial charge in [-0.2, -0.15) is 10.5 Å². The molecule has 0 heterocycles. The van der Waals surface area contributed by atoms with Gasteiger partial charge in [0.25, 0.3) is 0 Å². The van der Waals surface area contributed by atoms with Gasteiger partial charge in [-0.05, 0) is 25.0 Å². The van der Waals surface area contributed by atoms with Gasteiger partial charge in [-0.15, -0.1) is 0 Å². The fourth-order valence-electron chi connectivity index (χ4n) is 2.48. The maximum Gasteiger partial charge on any atom is 0.244 e. The van der Waals surface area contributed by atoms with Crippen LogP contribution in [0.5, 0.6) is 0 Å². The molecule has 0 radical (unpaired) electrons. The third-order valence-electron chi connectivity index (χ3n) is 3.65. The first-order valence-corrected chi connectivity index (χ1v) is 6.44. The van der Waals surface area contributed by atoms with Gasteiger partial charge in [-0.25, -0.2) is 0 Å². The Labute approximate surface area is 112 Å². The van der Waals surface area contributed by atoms with Crippen molar-refractivity contribution in [3.63, 3.8) is 0 Å². The van der Waals surface area contributed by atoms with Gasteiger partial charge in [0.2, 0.25) is 5.91 Å². The van der Waals surface area contributed by atoms with Crippen molar-refractivity contribution < 1.29 is 4.79 Å². The summed E-state index contributed by atoms with van der Waals surface area (Å²) in [5.74, 6) is -0.280. The summed E-state index contributed by atoms with van der Waals surface area (Å²) >= 11 is 0. The van der Waals surface area contributed by atoms with E-state index in [1.807, 2.05) is 6.07 Å². The van der Waals surface area contributed by atoms with Crippen LogP contribution in [0.3, 0.4) is 0 Å². The molecular formula is C15H15N3O. The molecule has 0 aromatic heterocycles. The lowest BCUT2D eigenvalue weighted by atomic mass is 9.74. The molecular weight excluding hydrogens is 238 g/mol. The second-order valence-electron chi connectivity index (χ2n) is 4.87. The largest absolute Gasteiger partial charge is 0.324 e. The topological polar surface area (TPSA) is 76.7 Å². The maximum absolute atomic E-state index is 12.3. The first-order valence-electron chi connectivity index (χ1n) is 6.44. The minimum atomic E-state index is -0.930. The number of hydrogen-bond donors (Lipinski definition) is 1. The lowest BCUT2D eigenvalue weighted by Gasteiger charge is -2.29. The van der Waals surface area contributed by atoms with E-state index in [-0.39, 0.29) is 5.91 Å². The lowest BCUT2D eigenvalue weighted by Crippen LogP contribution is -2.36. The normalized spacial score (nSPS) is 16.9. The smallest absolute Gasteiger partial charge is 0.244 e. The van der Waals surface area contributed by atoms with Crippen molar-refractivity contribution in [2.24, 2.45) is 5.41 Å². The number of para-hydroxylation sites is 1. The van der Waals surface area contributed by atoms with Crippen LogP contribution >= 0.6 is 0 Å². The fraction of sp³-hybridized carbons (Fsp3) is 0.400. The van der Waals surface area contributed by atoms with E-state index in [0.717, 1.165) is 19.3 Å². The summed E-state index contributed by atoms with van der Waals surface area (Å²) < 4.78 is 0. The Morgan fingerprint density at radius 3 is 2.47 bits per heavy atom. The van der Waals surface area contributed by atoms with E-state index in [9.17, 15) is 10.1 Å². The zero-order valence-electron chi connectivity index (χ0n) is 10.6. The van der Waals surface area contributed by atoms with Gasteiger partial charge in [-0.1, -0.05) is 31.4 Å². The number of benzene rings is 1. The van der Waals surface area contributed by atoms with Crippen LogP contribution in [0.15, 0.2) is 24.3 Å². The van der Waals surface area contributed by atoms with Crippen molar-refractivity contribution in [1.29, 1.82) is 10.5 Å². The Balaban J connectivity index is 2.21. The van der Waals surface area contributed by atoms with Crippen molar-refractivity contribution in [2.75, 3.05) is 5.32 Å². The van der Waals surface area contributed by atoms with Gasteiger partial charge in [0, 0.05) is 0 Å².